The first-order valence-electron chi connectivity index (χ1n) is 13.4. The molecule has 1 unspecified atom stereocenters. The molecule has 1 atom stereocenters. The van der Waals surface area contributed by atoms with Gasteiger partial charge in [-0.15, -0.1) is 0 Å². The van der Waals surface area contributed by atoms with Crippen LogP contribution in [0.1, 0.15) is 56.8 Å². The number of carbonyl (C=O) groups excluding carboxylic acids is 2. The average Bonchev–Trinajstić information content (AvgIpc) is 3.27. The zero-order valence-corrected chi connectivity index (χ0v) is 22.9. The molecule has 0 aliphatic carbocycles. The molecule has 0 bridgehead atoms. The summed E-state index contributed by atoms with van der Waals surface area (Å²) in [7, 11) is 1.36. The van der Waals surface area contributed by atoms with Gasteiger partial charge in [0.1, 0.15) is 11.5 Å². The molecule has 6 rings (SSSR count). The molecular formula is C33H30N2O5. The summed E-state index contributed by atoms with van der Waals surface area (Å²) in [5.41, 5.74) is 5.29. The lowest BCUT2D eigenvalue weighted by atomic mass is 9.77. The van der Waals surface area contributed by atoms with E-state index in [2.05, 4.69) is 30.1 Å². The highest BCUT2D eigenvalue weighted by Crippen LogP contribution is 2.57. The standard InChI is InChI=1S/C33H30N2O5/c1-5-35(6-2)21-15-16-25-30(18-21)39-29-17-20(3)28(34-27-14-10-8-12-23(27)31(36)38-4)19-26(29)33(25)24-13-9-7-11-22(24)32(37)40-33/h7-19,34H,5-6H2,1-4H3. The number of ether oxygens (including phenoxy) is 3. The summed E-state index contributed by atoms with van der Waals surface area (Å²) >= 11 is 0. The van der Waals surface area contributed by atoms with Crippen LogP contribution in [-0.4, -0.2) is 32.1 Å². The van der Waals surface area contributed by atoms with E-state index >= 15 is 0 Å². The molecule has 1 N–H and O–H groups in total. The average molecular weight is 535 g/mol. The fraction of sp³-hybridized carbons (Fsp3) is 0.212. The van der Waals surface area contributed by atoms with Gasteiger partial charge < -0.3 is 24.4 Å². The number of hydrogen-bond acceptors (Lipinski definition) is 7. The molecule has 0 amide bonds. The Morgan fingerprint density at radius 2 is 1.60 bits per heavy atom. The predicted molar refractivity (Wildman–Crippen MR) is 154 cm³/mol. The van der Waals surface area contributed by atoms with E-state index in [9.17, 15) is 9.59 Å². The first kappa shape index (κ1) is 25.5. The third kappa shape index (κ3) is 3.80. The minimum atomic E-state index is -1.19. The molecule has 0 saturated heterocycles. The van der Waals surface area contributed by atoms with Gasteiger partial charge >= 0.3 is 11.9 Å². The molecule has 7 heteroatoms. The van der Waals surface area contributed by atoms with Gasteiger partial charge in [0.05, 0.1) is 23.9 Å². The summed E-state index contributed by atoms with van der Waals surface area (Å²) in [5.74, 6) is 0.444. The second-order valence-corrected chi connectivity index (χ2v) is 9.90. The normalized spacial score (nSPS) is 16.4. The number of nitrogens with zero attached hydrogens (tertiary/aromatic N) is 1. The molecule has 4 aromatic rings. The van der Waals surface area contributed by atoms with Crippen molar-refractivity contribution < 1.29 is 23.8 Å². The van der Waals surface area contributed by atoms with Crippen molar-refractivity contribution >= 4 is 29.0 Å². The van der Waals surface area contributed by atoms with Crippen LogP contribution in [0.25, 0.3) is 0 Å². The third-order valence-electron chi connectivity index (χ3n) is 7.77. The number of hydrogen-bond donors (Lipinski definition) is 1. The lowest BCUT2D eigenvalue weighted by molar-refractivity contribution is 0.0224. The Kier molecular flexibility index (Phi) is 6.22. The summed E-state index contributed by atoms with van der Waals surface area (Å²) in [4.78, 5) is 28.0. The molecular weight excluding hydrogens is 504 g/mol. The smallest absolute Gasteiger partial charge is 0.340 e. The third-order valence-corrected chi connectivity index (χ3v) is 7.77. The Morgan fingerprint density at radius 1 is 0.875 bits per heavy atom. The number of esters is 2. The van der Waals surface area contributed by atoms with E-state index in [-0.39, 0.29) is 5.97 Å². The van der Waals surface area contributed by atoms with Crippen molar-refractivity contribution in [2.24, 2.45) is 0 Å². The number of para-hydroxylation sites is 1. The fourth-order valence-corrected chi connectivity index (χ4v) is 5.75. The van der Waals surface area contributed by atoms with E-state index in [4.69, 9.17) is 14.2 Å². The summed E-state index contributed by atoms with van der Waals surface area (Å²) < 4.78 is 17.9. The Balaban J connectivity index is 1.56. The molecule has 0 saturated carbocycles. The Hall–Kier alpha value is -4.78. The van der Waals surface area contributed by atoms with Crippen molar-refractivity contribution in [1.29, 1.82) is 0 Å². The Morgan fingerprint density at radius 3 is 2.38 bits per heavy atom. The predicted octanol–water partition coefficient (Wildman–Crippen LogP) is 6.94. The van der Waals surface area contributed by atoms with Gasteiger partial charge in [-0.1, -0.05) is 30.3 Å². The summed E-state index contributed by atoms with van der Waals surface area (Å²) in [6, 6.07) is 24.7. The van der Waals surface area contributed by atoms with Crippen LogP contribution in [0.2, 0.25) is 0 Å². The topological polar surface area (TPSA) is 77.1 Å². The van der Waals surface area contributed by atoms with Crippen molar-refractivity contribution in [3.05, 3.63) is 112 Å². The van der Waals surface area contributed by atoms with Gasteiger partial charge in [0.15, 0.2) is 5.60 Å². The number of carbonyl (C=O) groups is 2. The van der Waals surface area contributed by atoms with E-state index < -0.39 is 11.6 Å². The molecule has 2 aliphatic heterocycles. The van der Waals surface area contributed by atoms with E-state index in [0.717, 1.165) is 41.2 Å². The molecule has 40 heavy (non-hydrogen) atoms. The van der Waals surface area contributed by atoms with Crippen molar-refractivity contribution in [2.75, 3.05) is 30.4 Å². The highest BCUT2D eigenvalue weighted by atomic mass is 16.6. The number of methoxy groups -OCH3 is 1. The van der Waals surface area contributed by atoms with Crippen molar-refractivity contribution in [1.82, 2.24) is 0 Å². The van der Waals surface area contributed by atoms with Gasteiger partial charge in [0.2, 0.25) is 0 Å². The zero-order valence-electron chi connectivity index (χ0n) is 22.9. The second kappa shape index (κ2) is 9.75. The molecule has 4 aromatic carbocycles. The quantitative estimate of drug-likeness (QED) is 0.269. The van der Waals surface area contributed by atoms with E-state index in [1.165, 1.54) is 7.11 Å². The maximum Gasteiger partial charge on any atom is 0.340 e. The molecule has 1 spiro atoms. The van der Waals surface area contributed by atoms with Crippen LogP contribution in [0.15, 0.2) is 78.9 Å². The first-order valence-corrected chi connectivity index (χ1v) is 13.4. The molecule has 2 aliphatic rings. The van der Waals surface area contributed by atoms with Crippen LogP contribution in [0.4, 0.5) is 17.1 Å². The van der Waals surface area contributed by atoms with Crippen LogP contribution in [-0.2, 0) is 15.1 Å². The van der Waals surface area contributed by atoms with Crippen LogP contribution in [0.5, 0.6) is 11.5 Å². The number of fused-ring (bicyclic) bond motifs is 6. The molecule has 0 fully saturated rings. The van der Waals surface area contributed by atoms with E-state index in [0.29, 0.717) is 33.9 Å². The minimum absolute atomic E-state index is 0.381. The van der Waals surface area contributed by atoms with Crippen LogP contribution < -0.4 is 15.0 Å². The lowest BCUT2D eigenvalue weighted by Crippen LogP contribution is -2.33. The van der Waals surface area contributed by atoms with E-state index in [1.807, 2.05) is 61.5 Å². The lowest BCUT2D eigenvalue weighted by Gasteiger charge is -2.37. The Bertz CT molecular complexity index is 1660. The summed E-state index contributed by atoms with van der Waals surface area (Å²) in [5, 5.41) is 3.41. The van der Waals surface area contributed by atoms with Crippen molar-refractivity contribution in [3.63, 3.8) is 0 Å². The molecule has 0 aromatic heterocycles. The molecule has 2 heterocycles. The van der Waals surface area contributed by atoms with Gasteiger partial charge in [0, 0.05) is 47.2 Å². The molecule has 202 valence electrons. The number of anilines is 3. The number of benzene rings is 4. The highest BCUT2D eigenvalue weighted by molar-refractivity contribution is 5.98. The largest absolute Gasteiger partial charge is 0.465 e. The maximum atomic E-state index is 13.3. The zero-order chi connectivity index (χ0) is 28.0. The fourth-order valence-electron chi connectivity index (χ4n) is 5.75. The van der Waals surface area contributed by atoms with Crippen molar-refractivity contribution in [3.8, 4) is 11.5 Å². The monoisotopic (exact) mass is 534 g/mol. The van der Waals surface area contributed by atoms with Gasteiger partial charge in [0.25, 0.3) is 0 Å². The van der Waals surface area contributed by atoms with Gasteiger partial charge in [-0.05, 0) is 68.8 Å². The summed E-state index contributed by atoms with van der Waals surface area (Å²) in [6.07, 6.45) is 0. The molecule has 7 nitrogen and oxygen atoms in total. The minimum Gasteiger partial charge on any atom is -0.465 e. The SMILES string of the molecule is CCN(CC)c1ccc2c(c1)Oc1cc(C)c(Nc3ccccc3C(=O)OC)cc1C21OC(=O)c2ccccc21. The maximum absolute atomic E-state index is 13.3. The first-order chi connectivity index (χ1) is 19.4. The number of nitrogens with one attached hydrogen (secondary N) is 1. The number of aryl methyl sites for hydroxylation is 1. The van der Waals surface area contributed by atoms with Gasteiger partial charge in [-0.2, -0.15) is 0 Å². The van der Waals surface area contributed by atoms with Gasteiger partial charge in [-0.25, -0.2) is 9.59 Å². The van der Waals surface area contributed by atoms with E-state index in [1.54, 1.807) is 18.2 Å². The molecule has 0 radical (unpaired) electrons. The second-order valence-electron chi connectivity index (χ2n) is 9.90. The van der Waals surface area contributed by atoms with Gasteiger partial charge in [-0.3, -0.25) is 0 Å². The Labute approximate surface area is 233 Å². The van der Waals surface area contributed by atoms with Crippen LogP contribution in [0, 0.1) is 6.92 Å². The summed E-state index contributed by atoms with van der Waals surface area (Å²) in [6.45, 7) is 7.92. The highest BCUT2D eigenvalue weighted by Gasteiger charge is 2.53. The van der Waals surface area contributed by atoms with Crippen LogP contribution >= 0.6 is 0 Å². The number of rotatable bonds is 6. The van der Waals surface area contributed by atoms with Crippen molar-refractivity contribution in [2.45, 2.75) is 26.4 Å². The van der Waals surface area contributed by atoms with Crippen LogP contribution in [0.3, 0.4) is 0 Å².